The highest BCUT2D eigenvalue weighted by atomic mass is 16.6. The van der Waals surface area contributed by atoms with Gasteiger partial charge in [-0.05, 0) is 26.8 Å². The maximum atomic E-state index is 12.1. The number of nitrogens with one attached hydrogen (secondary N) is 2. The Morgan fingerprint density at radius 1 is 1.11 bits per heavy atom. The van der Waals surface area contributed by atoms with E-state index in [1.54, 1.807) is 26.8 Å². The van der Waals surface area contributed by atoms with E-state index in [0.29, 0.717) is 0 Å². The average Bonchev–Trinajstić information content (AvgIpc) is 2.25. The van der Waals surface area contributed by atoms with Crippen molar-refractivity contribution < 1.29 is 9.53 Å². The Morgan fingerprint density at radius 3 is 2.05 bits per heavy atom. The Hall–Kier alpha value is -2.37. The summed E-state index contributed by atoms with van der Waals surface area (Å²) in [5, 5.41) is 15.0. The van der Waals surface area contributed by atoms with E-state index < -0.39 is 11.6 Å². The van der Waals surface area contributed by atoms with Crippen LogP contribution in [0.15, 0.2) is 18.2 Å². The fraction of sp³-hybridized carbons (Fsp3) is 0.308. The Bertz CT molecular complexity index is 544. The van der Waals surface area contributed by atoms with Gasteiger partial charge in [0.1, 0.15) is 17.3 Å². The van der Waals surface area contributed by atoms with Gasteiger partial charge < -0.3 is 16.2 Å². The highest BCUT2D eigenvalue weighted by Crippen LogP contribution is 2.18. The second-order valence-corrected chi connectivity index (χ2v) is 5.06. The summed E-state index contributed by atoms with van der Waals surface area (Å²) in [4.78, 5) is 12.1. The predicted octanol–water partition coefficient (Wildman–Crippen LogP) is 1.21. The van der Waals surface area contributed by atoms with E-state index in [4.69, 9.17) is 27.0 Å². The molecule has 0 radical (unpaired) electrons. The van der Waals surface area contributed by atoms with Crippen molar-refractivity contribution in [3.05, 3.63) is 34.9 Å². The van der Waals surface area contributed by atoms with E-state index in [9.17, 15) is 4.79 Å². The van der Waals surface area contributed by atoms with Crippen molar-refractivity contribution in [3.63, 3.8) is 0 Å². The molecule has 0 amide bonds. The molecule has 0 fully saturated rings. The summed E-state index contributed by atoms with van der Waals surface area (Å²) >= 11 is 0. The second-order valence-electron chi connectivity index (χ2n) is 5.06. The zero-order valence-corrected chi connectivity index (χ0v) is 11.2. The quantitative estimate of drug-likeness (QED) is 0.371. The monoisotopic (exact) mass is 262 g/mol. The molecule has 0 aliphatic carbocycles. The molecule has 0 atom stereocenters. The molecule has 0 aliphatic rings. The van der Waals surface area contributed by atoms with Crippen LogP contribution < -0.4 is 11.5 Å². The average molecular weight is 262 g/mol. The smallest absolute Gasteiger partial charge is 0.339 e. The van der Waals surface area contributed by atoms with Crippen molar-refractivity contribution in [1.29, 1.82) is 10.8 Å². The molecule has 6 N–H and O–H groups in total. The Kier molecular flexibility index (Phi) is 3.94. The number of hydrogen-bond donors (Lipinski definition) is 4. The number of amidine groups is 2. The predicted molar refractivity (Wildman–Crippen MR) is 73.6 cm³/mol. The van der Waals surface area contributed by atoms with Gasteiger partial charge in [-0.3, -0.25) is 10.8 Å². The van der Waals surface area contributed by atoms with Gasteiger partial charge in [0.25, 0.3) is 0 Å². The van der Waals surface area contributed by atoms with Gasteiger partial charge in [0, 0.05) is 11.1 Å². The van der Waals surface area contributed by atoms with Crippen molar-refractivity contribution in [2.24, 2.45) is 11.5 Å². The van der Waals surface area contributed by atoms with Gasteiger partial charge in [0.05, 0.1) is 5.56 Å². The molecule has 0 aromatic heterocycles. The minimum Gasteiger partial charge on any atom is -0.456 e. The van der Waals surface area contributed by atoms with Crippen LogP contribution in [0.2, 0.25) is 0 Å². The van der Waals surface area contributed by atoms with Crippen molar-refractivity contribution >= 4 is 17.6 Å². The van der Waals surface area contributed by atoms with Crippen LogP contribution in [0.5, 0.6) is 0 Å². The van der Waals surface area contributed by atoms with Crippen molar-refractivity contribution in [2.45, 2.75) is 26.4 Å². The number of benzene rings is 1. The van der Waals surface area contributed by atoms with E-state index in [0.717, 1.165) is 0 Å². The van der Waals surface area contributed by atoms with Crippen LogP contribution in [0.3, 0.4) is 0 Å². The molecular weight excluding hydrogens is 244 g/mol. The van der Waals surface area contributed by atoms with Gasteiger partial charge in [-0.1, -0.05) is 12.1 Å². The molecule has 1 aromatic rings. The van der Waals surface area contributed by atoms with Crippen molar-refractivity contribution in [1.82, 2.24) is 0 Å². The summed E-state index contributed by atoms with van der Waals surface area (Å²) in [6.45, 7) is 5.23. The lowest BCUT2D eigenvalue weighted by molar-refractivity contribution is 0.00693. The lowest BCUT2D eigenvalue weighted by atomic mass is 9.99. The maximum absolute atomic E-state index is 12.1. The summed E-state index contributed by atoms with van der Waals surface area (Å²) in [6.07, 6.45) is 0. The maximum Gasteiger partial charge on any atom is 0.339 e. The largest absolute Gasteiger partial charge is 0.456 e. The van der Waals surface area contributed by atoms with Gasteiger partial charge in [-0.25, -0.2) is 4.79 Å². The SMILES string of the molecule is CC(C)(C)OC(=O)c1cccc(C(=N)N)c1C(=N)N. The Morgan fingerprint density at radius 2 is 1.63 bits per heavy atom. The van der Waals surface area contributed by atoms with Gasteiger partial charge >= 0.3 is 5.97 Å². The van der Waals surface area contributed by atoms with Gasteiger partial charge in [-0.15, -0.1) is 0 Å². The zero-order chi connectivity index (χ0) is 14.8. The van der Waals surface area contributed by atoms with Crippen LogP contribution in [-0.4, -0.2) is 23.2 Å². The summed E-state index contributed by atoms with van der Waals surface area (Å²) < 4.78 is 5.25. The number of hydrogen-bond acceptors (Lipinski definition) is 4. The van der Waals surface area contributed by atoms with Crippen LogP contribution in [0.4, 0.5) is 0 Å². The number of esters is 1. The summed E-state index contributed by atoms with van der Waals surface area (Å²) in [5.74, 6) is -1.18. The third-order valence-corrected chi connectivity index (χ3v) is 2.24. The van der Waals surface area contributed by atoms with Gasteiger partial charge in [-0.2, -0.15) is 0 Å². The molecule has 0 heterocycles. The molecule has 1 rings (SSSR count). The highest BCUT2D eigenvalue weighted by molar-refractivity contribution is 6.13. The molecule has 0 aliphatic heterocycles. The first-order chi connectivity index (χ1) is 8.63. The molecule has 102 valence electrons. The normalized spacial score (nSPS) is 10.9. The number of rotatable bonds is 3. The van der Waals surface area contributed by atoms with Crippen LogP contribution in [0, 0.1) is 10.8 Å². The fourth-order valence-electron chi connectivity index (χ4n) is 1.57. The first kappa shape index (κ1) is 14.7. The standard InChI is InChI=1S/C13H18N4O2/c1-13(2,3)19-12(18)8-6-4-5-7(10(14)15)9(8)11(16)17/h4-6H,1-3H3,(H3,14,15)(H3,16,17). The van der Waals surface area contributed by atoms with Crippen LogP contribution >= 0.6 is 0 Å². The van der Waals surface area contributed by atoms with Crippen molar-refractivity contribution in [3.8, 4) is 0 Å². The van der Waals surface area contributed by atoms with E-state index in [1.165, 1.54) is 12.1 Å². The lowest BCUT2D eigenvalue weighted by Crippen LogP contribution is -2.28. The molecule has 0 saturated heterocycles. The summed E-state index contributed by atoms with van der Waals surface area (Å²) in [5.41, 5.74) is 10.8. The third kappa shape index (κ3) is 3.54. The van der Waals surface area contributed by atoms with E-state index >= 15 is 0 Å². The molecule has 0 saturated carbocycles. The number of carbonyl (C=O) groups excluding carboxylic acids is 1. The molecule has 6 nitrogen and oxygen atoms in total. The highest BCUT2D eigenvalue weighted by Gasteiger charge is 2.23. The molecule has 0 unspecified atom stereocenters. The third-order valence-electron chi connectivity index (χ3n) is 2.24. The number of ether oxygens (including phenoxy) is 1. The number of nitrogens with two attached hydrogens (primary N) is 2. The van der Waals surface area contributed by atoms with Crippen LogP contribution in [-0.2, 0) is 4.74 Å². The molecule has 1 aromatic carbocycles. The molecule has 6 heteroatoms. The minimum absolute atomic E-state index is 0.129. The Labute approximate surface area is 111 Å². The van der Waals surface area contributed by atoms with Crippen molar-refractivity contribution in [2.75, 3.05) is 0 Å². The minimum atomic E-state index is -0.655. The van der Waals surface area contributed by atoms with Crippen LogP contribution in [0.25, 0.3) is 0 Å². The van der Waals surface area contributed by atoms with Gasteiger partial charge in [0.15, 0.2) is 0 Å². The second kappa shape index (κ2) is 5.09. The van der Waals surface area contributed by atoms with E-state index in [-0.39, 0.29) is 28.4 Å². The zero-order valence-electron chi connectivity index (χ0n) is 11.2. The first-order valence-electron chi connectivity index (χ1n) is 5.68. The number of carbonyl (C=O) groups is 1. The Balaban J connectivity index is 3.36. The molecule has 19 heavy (non-hydrogen) atoms. The number of nitrogen functional groups attached to an aromatic ring is 2. The molecule has 0 bridgehead atoms. The lowest BCUT2D eigenvalue weighted by Gasteiger charge is -2.21. The van der Waals surface area contributed by atoms with E-state index in [2.05, 4.69) is 0 Å². The van der Waals surface area contributed by atoms with Gasteiger partial charge in [0.2, 0.25) is 0 Å². The molecular formula is C13H18N4O2. The first-order valence-corrected chi connectivity index (χ1v) is 5.68. The van der Waals surface area contributed by atoms with Crippen LogP contribution in [0.1, 0.15) is 42.3 Å². The topological polar surface area (TPSA) is 126 Å². The molecule has 0 spiro atoms. The summed E-state index contributed by atoms with van der Waals surface area (Å²) in [7, 11) is 0. The van der Waals surface area contributed by atoms with E-state index in [1.807, 2.05) is 0 Å². The summed E-state index contributed by atoms with van der Waals surface area (Å²) in [6, 6.07) is 4.60. The fourth-order valence-corrected chi connectivity index (χ4v) is 1.57.